The first-order valence-corrected chi connectivity index (χ1v) is 6.54. The number of anilines is 1. The molecule has 102 valence electrons. The van der Waals surface area contributed by atoms with Crippen LogP contribution in [0.2, 0.25) is 0 Å². The fraction of sp³-hybridized carbons (Fsp3) is 0.500. The van der Waals surface area contributed by atoms with Crippen molar-refractivity contribution in [2.24, 2.45) is 5.73 Å². The molecule has 1 aromatic rings. The fourth-order valence-corrected chi connectivity index (χ4v) is 2.69. The third kappa shape index (κ3) is 1.99. The van der Waals surface area contributed by atoms with Gasteiger partial charge in [-0.2, -0.15) is 0 Å². The van der Waals surface area contributed by atoms with Gasteiger partial charge in [0, 0.05) is 12.6 Å². The van der Waals surface area contributed by atoms with Crippen molar-refractivity contribution >= 4 is 11.6 Å². The van der Waals surface area contributed by atoms with E-state index in [9.17, 15) is 4.79 Å². The molecule has 3 N–H and O–H groups in total. The highest BCUT2D eigenvalue weighted by Crippen LogP contribution is 2.45. The normalized spacial score (nSPS) is 21.6. The topological polar surface area (TPSA) is 67.6 Å². The van der Waals surface area contributed by atoms with Crippen LogP contribution in [0.3, 0.4) is 0 Å². The highest BCUT2D eigenvalue weighted by molar-refractivity contribution is 5.97. The molecule has 1 aliphatic heterocycles. The van der Waals surface area contributed by atoms with Crippen LogP contribution < -0.4 is 20.7 Å². The highest BCUT2D eigenvalue weighted by atomic mass is 16.5. The van der Waals surface area contributed by atoms with Crippen molar-refractivity contribution in [3.63, 3.8) is 0 Å². The Morgan fingerprint density at radius 3 is 2.84 bits per heavy atom. The van der Waals surface area contributed by atoms with Gasteiger partial charge in [-0.25, -0.2) is 0 Å². The van der Waals surface area contributed by atoms with Gasteiger partial charge in [0.1, 0.15) is 5.75 Å². The predicted molar refractivity (Wildman–Crippen MR) is 73.3 cm³/mol. The first-order valence-electron chi connectivity index (χ1n) is 6.54. The standard InChI is InChI=1S/C14H19N3O2/c1-16-13(14(15)5-6-14)9-3-4-11-10(7-9)17(2)12(18)8-19-11/h3-4,7,13,16H,5-6,8,15H2,1-2H3. The monoisotopic (exact) mass is 261 g/mol. The summed E-state index contributed by atoms with van der Waals surface area (Å²) in [6.07, 6.45) is 2.06. The molecule has 1 fully saturated rings. The van der Waals surface area contributed by atoms with Gasteiger partial charge >= 0.3 is 0 Å². The minimum absolute atomic E-state index is 0.0282. The number of hydrogen-bond acceptors (Lipinski definition) is 4. The maximum atomic E-state index is 11.7. The van der Waals surface area contributed by atoms with Gasteiger partial charge in [0.2, 0.25) is 0 Å². The summed E-state index contributed by atoms with van der Waals surface area (Å²) >= 11 is 0. The summed E-state index contributed by atoms with van der Waals surface area (Å²) in [5.74, 6) is 0.724. The molecule has 0 saturated heterocycles. The van der Waals surface area contributed by atoms with Gasteiger partial charge in [-0.3, -0.25) is 4.79 Å². The number of carbonyl (C=O) groups is 1. The second-order valence-electron chi connectivity index (χ2n) is 5.42. The van der Waals surface area contributed by atoms with Gasteiger partial charge in [0.15, 0.2) is 6.61 Å². The van der Waals surface area contributed by atoms with Crippen LogP contribution in [0.25, 0.3) is 0 Å². The van der Waals surface area contributed by atoms with Crippen LogP contribution in [0.5, 0.6) is 5.75 Å². The zero-order chi connectivity index (χ0) is 13.6. The van der Waals surface area contributed by atoms with Crippen LogP contribution in [0.15, 0.2) is 18.2 Å². The van der Waals surface area contributed by atoms with Crippen LogP contribution >= 0.6 is 0 Å². The summed E-state index contributed by atoms with van der Waals surface area (Å²) in [7, 11) is 3.69. The molecule has 1 saturated carbocycles. The van der Waals surface area contributed by atoms with E-state index < -0.39 is 0 Å². The summed E-state index contributed by atoms with van der Waals surface area (Å²) in [5.41, 5.74) is 8.07. The van der Waals surface area contributed by atoms with Crippen LogP contribution in [0.4, 0.5) is 5.69 Å². The van der Waals surface area contributed by atoms with E-state index >= 15 is 0 Å². The van der Waals surface area contributed by atoms with Gasteiger partial charge in [-0.15, -0.1) is 0 Å². The van der Waals surface area contributed by atoms with Crippen molar-refractivity contribution in [3.8, 4) is 5.75 Å². The zero-order valence-electron chi connectivity index (χ0n) is 11.3. The molecule has 1 amide bonds. The van der Waals surface area contributed by atoms with Gasteiger partial charge in [-0.1, -0.05) is 6.07 Å². The molecular formula is C14H19N3O2. The maximum Gasteiger partial charge on any atom is 0.264 e. The Kier molecular flexibility index (Phi) is 2.76. The van der Waals surface area contributed by atoms with Crippen molar-refractivity contribution in [1.29, 1.82) is 0 Å². The molecule has 19 heavy (non-hydrogen) atoms. The third-order valence-electron chi connectivity index (χ3n) is 4.09. The number of fused-ring (bicyclic) bond motifs is 1. The van der Waals surface area contributed by atoms with Crippen molar-refractivity contribution < 1.29 is 9.53 Å². The summed E-state index contributed by atoms with van der Waals surface area (Å²) in [4.78, 5) is 13.3. The van der Waals surface area contributed by atoms with Gasteiger partial charge in [0.05, 0.1) is 11.7 Å². The number of ether oxygens (including phenoxy) is 1. The Morgan fingerprint density at radius 2 is 2.21 bits per heavy atom. The smallest absolute Gasteiger partial charge is 0.264 e. The molecule has 1 heterocycles. The first kappa shape index (κ1) is 12.4. The minimum atomic E-state index is -0.152. The van der Waals surface area contributed by atoms with E-state index in [1.54, 1.807) is 11.9 Å². The van der Waals surface area contributed by atoms with Crippen molar-refractivity contribution in [2.75, 3.05) is 25.6 Å². The highest BCUT2D eigenvalue weighted by Gasteiger charge is 2.46. The van der Waals surface area contributed by atoms with Crippen LogP contribution in [-0.4, -0.2) is 32.1 Å². The quantitative estimate of drug-likeness (QED) is 0.844. The van der Waals surface area contributed by atoms with Crippen LogP contribution in [-0.2, 0) is 4.79 Å². The number of hydrogen-bond donors (Lipinski definition) is 2. The zero-order valence-corrected chi connectivity index (χ0v) is 11.3. The molecule has 3 rings (SSSR count). The minimum Gasteiger partial charge on any atom is -0.482 e. The van der Waals surface area contributed by atoms with E-state index in [1.807, 2.05) is 25.2 Å². The Labute approximate surface area is 112 Å². The lowest BCUT2D eigenvalue weighted by molar-refractivity contribution is -0.120. The molecule has 5 nitrogen and oxygen atoms in total. The average molecular weight is 261 g/mol. The third-order valence-corrected chi connectivity index (χ3v) is 4.09. The molecule has 0 spiro atoms. The molecule has 2 aliphatic rings. The number of benzene rings is 1. The second-order valence-corrected chi connectivity index (χ2v) is 5.42. The number of rotatable bonds is 3. The molecule has 1 aromatic carbocycles. The van der Waals surface area contributed by atoms with E-state index in [2.05, 4.69) is 5.32 Å². The molecule has 0 radical (unpaired) electrons. The van der Waals surface area contributed by atoms with Gasteiger partial charge in [-0.05, 0) is 37.6 Å². The lowest BCUT2D eigenvalue weighted by atomic mass is 9.97. The average Bonchev–Trinajstić information content (AvgIpc) is 3.14. The second kappa shape index (κ2) is 4.21. The largest absolute Gasteiger partial charge is 0.482 e. The van der Waals surface area contributed by atoms with Gasteiger partial charge in [0.25, 0.3) is 5.91 Å². The van der Waals surface area contributed by atoms with Crippen molar-refractivity contribution in [2.45, 2.75) is 24.4 Å². The summed E-state index contributed by atoms with van der Waals surface area (Å²) < 4.78 is 5.43. The Balaban J connectivity index is 1.98. The van der Waals surface area contributed by atoms with Crippen LogP contribution in [0, 0.1) is 0 Å². The summed E-state index contributed by atoms with van der Waals surface area (Å²) in [6, 6.07) is 6.06. The Hall–Kier alpha value is -1.59. The fourth-order valence-electron chi connectivity index (χ4n) is 2.69. The number of carbonyl (C=O) groups excluding carboxylic acids is 1. The van der Waals surface area contributed by atoms with Crippen molar-refractivity contribution in [3.05, 3.63) is 23.8 Å². The van der Waals surface area contributed by atoms with E-state index in [1.165, 1.54) is 0 Å². The Morgan fingerprint density at radius 1 is 1.47 bits per heavy atom. The first-order chi connectivity index (χ1) is 9.05. The van der Waals surface area contributed by atoms with E-state index in [4.69, 9.17) is 10.5 Å². The molecule has 5 heteroatoms. The SMILES string of the molecule is CNC(c1ccc2c(c1)N(C)C(=O)CO2)C1(N)CC1. The number of nitrogens with two attached hydrogens (primary N) is 1. The van der Waals surface area contributed by atoms with Gasteiger partial charge < -0.3 is 20.7 Å². The lowest BCUT2D eigenvalue weighted by Crippen LogP contribution is -2.39. The molecule has 1 atom stereocenters. The number of nitrogens with one attached hydrogen (secondary N) is 1. The summed E-state index contributed by atoms with van der Waals surface area (Å²) in [5, 5.41) is 3.28. The van der Waals surface area contributed by atoms with E-state index in [0.29, 0.717) is 0 Å². The Bertz CT molecular complexity index is 525. The summed E-state index contributed by atoms with van der Waals surface area (Å²) in [6.45, 7) is 0.110. The van der Waals surface area contributed by atoms with E-state index in [-0.39, 0.29) is 24.1 Å². The van der Waals surface area contributed by atoms with Crippen LogP contribution in [0.1, 0.15) is 24.4 Å². The molecule has 0 aromatic heterocycles. The molecule has 1 aliphatic carbocycles. The van der Waals surface area contributed by atoms with E-state index in [0.717, 1.165) is 29.8 Å². The number of likely N-dealkylation sites (N-methyl/N-ethyl adjacent to an activating group) is 2. The molecule has 0 bridgehead atoms. The molecular weight excluding hydrogens is 242 g/mol. The maximum absolute atomic E-state index is 11.7. The molecule has 1 unspecified atom stereocenters. The number of nitrogens with zero attached hydrogens (tertiary/aromatic N) is 1. The lowest BCUT2D eigenvalue weighted by Gasteiger charge is -2.29. The number of amides is 1. The van der Waals surface area contributed by atoms with Crippen molar-refractivity contribution in [1.82, 2.24) is 5.32 Å². The predicted octanol–water partition coefficient (Wildman–Crippen LogP) is 0.794.